The molecule has 0 aliphatic rings. The Hall–Kier alpha value is -3.00. The second kappa shape index (κ2) is 8.02. The van der Waals surface area contributed by atoms with Gasteiger partial charge in [-0.2, -0.15) is 0 Å². The minimum Gasteiger partial charge on any atom is -0.457 e. The number of hydrogen-bond acceptors (Lipinski definition) is 7. The lowest BCUT2D eigenvalue weighted by Crippen LogP contribution is -2.05. The maximum Gasteiger partial charge on any atom is 0.350 e. The van der Waals surface area contributed by atoms with Crippen LogP contribution in [0.3, 0.4) is 0 Å². The summed E-state index contributed by atoms with van der Waals surface area (Å²) in [4.78, 5) is 20.9. The predicted octanol–water partition coefficient (Wildman–Crippen LogP) is 6.69. The van der Waals surface area contributed by atoms with Crippen molar-refractivity contribution >= 4 is 55.9 Å². The highest BCUT2D eigenvalue weighted by molar-refractivity contribution is 7.21. The van der Waals surface area contributed by atoms with E-state index in [0.29, 0.717) is 10.6 Å². The molecule has 0 radical (unpaired) electrons. The summed E-state index contributed by atoms with van der Waals surface area (Å²) < 4.78 is 5.53. The zero-order valence-corrected chi connectivity index (χ0v) is 18.2. The van der Waals surface area contributed by atoms with Crippen LogP contribution in [0.25, 0.3) is 31.2 Å². The van der Waals surface area contributed by atoms with Gasteiger partial charge >= 0.3 is 5.97 Å². The van der Waals surface area contributed by atoms with Gasteiger partial charge in [-0.05, 0) is 34.5 Å². The van der Waals surface area contributed by atoms with Crippen molar-refractivity contribution in [3.8, 4) is 21.0 Å². The molecule has 0 fully saturated rings. The van der Waals surface area contributed by atoms with Crippen LogP contribution in [0, 0.1) is 0 Å². The first-order chi connectivity index (χ1) is 14.7. The first kappa shape index (κ1) is 19.0. The Balaban J connectivity index is 1.58. The Morgan fingerprint density at radius 3 is 2.40 bits per heavy atom. The van der Waals surface area contributed by atoms with E-state index in [1.54, 1.807) is 22.7 Å². The third-order valence-electron chi connectivity index (χ3n) is 4.66. The van der Waals surface area contributed by atoms with E-state index >= 15 is 0 Å². The number of nitrogen functional groups attached to an aromatic ring is 1. The smallest absolute Gasteiger partial charge is 0.350 e. The molecule has 0 saturated heterocycles. The van der Waals surface area contributed by atoms with Crippen molar-refractivity contribution in [2.24, 2.45) is 0 Å². The van der Waals surface area contributed by atoms with Crippen molar-refractivity contribution in [3.63, 3.8) is 0 Å². The number of carbonyl (C=O) groups is 1. The van der Waals surface area contributed by atoms with Crippen LogP contribution in [0.5, 0.6) is 0 Å². The maximum atomic E-state index is 12.8. The molecule has 0 saturated carbocycles. The predicted molar refractivity (Wildman–Crippen MR) is 126 cm³/mol. The highest BCUT2D eigenvalue weighted by Gasteiger charge is 2.23. The number of rotatable bonds is 5. The number of nitrogens with two attached hydrogens (primary N) is 1. The van der Waals surface area contributed by atoms with Crippen molar-refractivity contribution < 1.29 is 9.53 Å². The first-order valence-electron chi connectivity index (χ1n) is 9.22. The summed E-state index contributed by atoms with van der Waals surface area (Å²) in [5, 5.41) is 4.87. The molecular formula is C23H16N2O2S3. The van der Waals surface area contributed by atoms with Crippen LogP contribution in [0.1, 0.15) is 15.2 Å². The van der Waals surface area contributed by atoms with Crippen LogP contribution in [0.15, 0.2) is 71.4 Å². The summed E-state index contributed by atoms with van der Waals surface area (Å²) in [6.07, 6.45) is 0. The van der Waals surface area contributed by atoms with E-state index in [0.717, 1.165) is 36.8 Å². The third kappa shape index (κ3) is 3.52. The molecule has 5 aromatic rings. The van der Waals surface area contributed by atoms with Gasteiger partial charge in [0.05, 0.1) is 16.3 Å². The fraction of sp³-hybridized carbons (Fsp3) is 0.0435. The molecule has 0 atom stereocenters. The van der Waals surface area contributed by atoms with E-state index in [4.69, 9.17) is 15.5 Å². The number of esters is 1. The minimum absolute atomic E-state index is 0.207. The second-order valence-corrected chi connectivity index (χ2v) is 9.49. The third-order valence-corrected chi connectivity index (χ3v) is 7.53. The van der Waals surface area contributed by atoms with E-state index in [-0.39, 0.29) is 6.61 Å². The minimum atomic E-state index is -0.422. The molecule has 0 bridgehead atoms. The number of aromatic nitrogens is 1. The topological polar surface area (TPSA) is 65.2 Å². The molecule has 0 amide bonds. The summed E-state index contributed by atoms with van der Waals surface area (Å²) in [5.41, 5.74) is 9.70. The fourth-order valence-corrected chi connectivity index (χ4v) is 5.69. The van der Waals surface area contributed by atoms with Crippen LogP contribution in [0.4, 0.5) is 5.69 Å². The first-order valence-corrected chi connectivity index (χ1v) is 11.8. The largest absolute Gasteiger partial charge is 0.457 e. The lowest BCUT2D eigenvalue weighted by Gasteiger charge is -2.06. The summed E-state index contributed by atoms with van der Waals surface area (Å²) in [7, 11) is 0. The molecule has 2 N–H and O–H groups in total. The number of benzene rings is 1. The molecule has 0 spiro atoms. The van der Waals surface area contributed by atoms with E-state index in [9.17, 15) is 4.79 Å². The summed E-state index contributed by atoms with van der Waals surface area (Å²) in [6.45, 7) is 0.207. The monoisotopic (exact) mass is 448 g/mol. The zero-order valence-electron chi connectivity index (χ0n) is 15.7. The SMILES string of the molecule is Nc1c(C(=O)OCc2ccccc2)sc2nc(-c3cccs3)cc(-c3cccs3)c12. The van der Waals surface area contributed by atoms with Crippen molar-refractivity contribution in [3.05, 3.63) is 81.9 Å². The van der Waals surface area contributed by atoms with E-state index < -0.39 is 5.97 Å². The molecule has 30 heavy (non-hydrogen) atoms. The van der Waals surface area contributed by atoms with Gasteiger partial charge in [0.1, 0.15) is 16.3 Å². The van der Waals surface area contributed by atoms with Crippen molar-refractivity contribution in [1.29, 1.82) is 0 Å². The Morgan fingerprint density at radius 1 is 0.967 bits per heavy atom. The van der Waals surface area contributed by atoms with Gasteiger partial charge < -0.3 is 10.5 Å². The lowest BCUT2D eigenvalue weighted by atomic mass is 10.1. The highest BCUT2D eigenvalue weighted by atomic mass is 32.1. The number of thiophene rings is 3. The number of hydrogen-bond donors (Lipinski definition) is 1. The molecule has 4 heterocycles. The molecule has 148 valence electrons. The van der Waals surface area contributed by atoms with Gasteiger partial charge in [-0.25, -0.2) is 9.78 Å². The van der Waals surface area contributed by atoms with Gasteiger partial charge in [0.2, 0.25) is 0 Å². The number of fused-ring (bicyclic) bond motifs is 1. The van der Waals surface area contributed by atoms with Gasteiger partial charge in [0, 0.05) is 15.8 Å². The molecular weight excluding hydrogens is 432 g/mol. The summed E-state index contributed by atoms with van der Waals surface area (Å²) in [6, 6.07) is 19.8. The summed E-state index contributed by atoms with van der Waals surface area (Å²) >= 11 is 4.56. The van der Waals surface area contributed by atoms with Gasteiger partial charge in [-0.3, -0.25) is 0 Å². The molecule has 5 rings (SSSR count). The molecule has 0 aliphatic heterocycles. The van der Waals surface area contributed by atoms with E-state index in [1.165, 1.54) is 11.3 Å². The average Bonchev–Trinajstić information content (AvgIpc) is 3.54. The van der Waals surface area contributed by atoms with Crippen LogP contribution in [0.2, 0.25) is 0 Å². The lowest BCUT2D eigenvalue weighted by molar-refractivity contribution is 0.0480. The number of carbonyl (C=O) groups excluding carboxylic acids is 1. The maximum absolute atomic E-state index is 12.8. The Kier molecular flexibility index (Phi) is 5.08. The Labute approximate surface area is 185 Å². The van der Waals surface area contributed by atoms with Crippen LogP contribution >= 0.6 is 34.0 Å². The van der Waals surface area contributed by atoms with Crippen LogP contribution < -0.4 is 5.73 Å². The van der Waals surface area contributed by atoms with Crippen molar-refractivity contribution in [1.82, 2.24) is 4.98 Å². The average molecular weight is 449 g/mol. The van der Waals surface area contributed by atoms with Crippen LogP contribution in [-0.2, 0) is 11.3 Å². The van der Waals surface area contributed by atoms with Crippen molar-refractivity contribution in [2.45, 2.75) is 6.61 Å². The number of anilines is 1. The quantitative estimate of drug-likeness (QED) is 0.304. The van der Waals surface area contributed by atoms with Gasteiger partial charge in [-0.15, -0.1) is 34.0 Å². The summed E-state index contributed by atoms with van der Waals surface area (Å²) in [5.74, 6) is -0.422. The van der Waals surface area contributed by atoms with Crippen molar-refractivity contribution in [2.75, 3.05) is 5.73 Å². The molecule has 4 nitrogen and oxygen atoms in total. The Bertz CT molecular complexity index is 1310. The normalized spacial score (nSPS) is 11.1. The Morgan fingerprint density at radius 2 is 1.70 bits per heavy atom. The fourth-order valence-electron chi connectivity index (χ4n) is 3.24. The zero-order chi connectivity index (χ0) is 20.5. The van der Waals surface area contributed by atoms with Gasteiger partial charge in [0.15, 0.2) is 0 Å². The number of pyridine rings is 1. The van der Waals surface area contributed by atoms with Crippen LogP contribution in [-0.4, -0.2) is 11.0 Å². The van der Waals surface area contributed by atoms with E-state index in [2.05, 4.69) is 12.1 Å². The van der Waals surface area contributed by atoms with Gasteiger partial charge in [-0.1, -0.05) is 42.5 Å². The molecule has 0 aliphatic carbocycles. The molecule has 1 aromatic carbocycles. The second-order valence-electron chi connectivity index (χ2n) is 6.60. The number of nitrogens with zero attached hydrogens (tertiary/aromatic N) is 1. The molecule has 0 unspecified atom stereocenters. The van der Waals surface area contributed by atoms with E-state index in [1.807, 2.05) is 59.3 Å². The number of ether oxygens (including phenoxy) is 1. The highest BCUT2D eigenvalue weighted by Crippen LogP contribution is 2.43. The standard InChI is InChI=1S/C23H16N2O2S3/c24-20-19-15(17-8-4-10-28-17)12-16(18-9-5-11-29-18)25-22(19)30-21(20)23(26)27-13-14-6-2-1-3-7-14/h1-12H,13,24H2. The van der Waals surface area contributed by atoms with Gasteiger partial charge in [0.25, 0.3) is 0 Å². The molecule has 4 aromatic heterocycles. The molecule has 7 heteroatoms.